The number of nitrogen functional groups attached to an aromatic ring is 1. The zero-order valence-corrected chi connectivity index (χ0v) is 13.4. The monoisotopic (exact) mass is 376 g/mol. The second-order valence-electron chi connectivity index (χ2n) is 3.59. The molecule has 6 nitrogen and oxygen atoms in total. The van der Waals surface area contributed by atoms with Crippen LogP contribution in [-0.2, 0) is 0 Å². The Morgan fingerprint density at radius 2 is 2.40 bits per heavy atom. The Balaban J connectivity index is 2.22. The number of nitrogens with one attached hydrogen (secondary N) is 1. The van der Waals surface area contributed by atoms with Crippen LogP contribution < -0.4 is 15.9 Å². The van der Waals surface area contributed by atoms with Crippen LogP contribution in [-0.4, -0.2) is 23.4 Å². The van der Waals surface area contributed by atoms with Crippen molar-refractivity contribution in [2.75, 3.05) is 18.3 Å². The summed E-state index contributed by atoms with van der Waals surface area (Å²) in [6, 6.07) is 1.60. The molecule has 0 atom stereocenters. The van der Waals surface area contributed by atoms with Gasteiger partial charge in [-0.1, -0.05) is 11.6 Å². The first-order chi connectivity index (χ1) is 9.52. The molecule has 1 aromatic carbocycles. The van der Waals surface area contributed by atoms with Crippen molar-refractivity contribution in [3.8, 4) is 11.5 Å². The largest absolute Gasteiger partial charge is 0.503 e. The minimum Gasteiger partial charge on any atom is -0.503 e. The SMILES string of the molecule is COc1cc(C=NNc2nc(N)cs2)c(Br)c(Cl)c1O. The molecule has 20 heavy (non-hydrogen) atoms. The van der Waals surface area contributed by atoms with E-state index in [2.05, 4.69) is 31.4 Å². The van der Waals surface area contributed by atoms with Crippen molar-refractivity contribution in [2.24, 2.45) is 5.10 Å². The number of anilines is 2. The van der Waals surface area contributed by atoms with Gasteiger partial charge in [0.2, 0.25) is 5.13 Å². The average Bonchev–Trinajstić information content (AvgIpc) is 2.84. The van der Waals surface area contributed by atoms with Gasteiger partial charge < -0.3 is 15.6 Å². The Morgan fingerprint density at radius 3 is 3.00 bits per heavy atom. The maximum absolute atomic E-state index is 9.74. The van der Waals surface area contributed by atoms with E-state index in [0.717, 1.165) is 0 Å². The number of halogens is 2. The molecule has 0 unspecified atom stereocenters. The van der Waals surface area contributed by atoms with Crippen molar-refractivity contribution >= 4 is 56.0 Å². The van der Waals surface area contributed by atoms with Crippen LogP contribution in [0.1, 0.15) is 5.56 Å². The molecule has 0 aliphatic heterocycles. The fraction of sp³-hybridized carbons (Fsp3) is 0.0909. The number of hydrogen-bond donors (Lipinski definition) is 3. The molecule has 0 aliphatic rings. The topological polar surface area (TPSA) is 92.8 Å². The molecule has 9 heteroatoms. The summed E-state index contributed by atoms with van der Waals surface area (Å²) in [4.78, 5) is 4.00. The molecule has 106 valence electrons. The van der Waals surface area contributed by atoms with Gasteiger partial charge in [0.15, 0.2) is 11.5 Å². The Hall–Kier alpha value is -1.51. The number of nitrogens with zero attached hydrogens (tertiary/aromatic N) is 2. The van der Waals surface area contributed by atoms with E-state index < -0.39 is 0 Å². The van der Waals surface area contributed by atoms with E-state index in [1.165, 1.54) is 24.7 Å². The van der Waals surface area contributed by atoms with Crippen molar-refractivity contribution in [2.45, 2.75) is 0 Å². The number of nitrogens with two attached hydrogens (primary N) is 1. The Kier molecular flexibility index (Phi) is 4.69. The maximum Gasteiger partial charge on any atom is 0.205 e. The van der Waals surface area contributed by atoms with E-state index >= 15 is 0 Å². The number of methoxy groups -OCH3 is 1. The molecular weight excluding hydrogens is 368 g/mol. The van der Waals surface area contributed by atoms with Crippen molar-refractivity contribution in [3.63, 3.8) is 0 Å². The fourth-order valence-corrected chi connectivity index (χ4v) is 2.51. The summed E-state index contributed by atoms with van der Waals surface area (Å²) < 4.78 is 5.54. The zero-order valence-electron chi connectivity index (χ0n) is 10.2. The van der Waals surface area contributed by atoms with Gasteiger partial charge in [0, 0.05) is 15.4 Å². The lowest BCUT2D eigenvalue weighted by atomic mass is 10.2. The highest BCUT2D eigenvalue weighted by molar-refractivity contribution is 9.10. The van der Waals surface area contributed by atoms with Crippen LogP contribution in [0.15, 0.2) is 21.0 Å². The zero-order chi connectivity index (χ0) is 14.7. The van der Waals surface area contributed by atoms with E-state index in [9.17, 15) is 5.11 Å². The molecule has 0 bridgehead atoms. The standard InChI is InChI=1S/C11H10BrClN4O2S/c1-19-6-2-5(8(12)9(13)10(6)18)3-15-17-11-16-7(14)4-20-11/h2-4,18H,14H2,1H3,(H,16,17). The van der Waals surface area contributed by atoms with E-state index in [0.29, 0.717) is 21.0 Å². The summed E-state index contributed by atoms with van der Waals surface area (Å²) in [5.41, 5.74) is 8.88. The highest BCUT2D eigenvalue weighted by Gasteiger charge is 2.14. The van der Waals surface area contributed by atoms with E-state index in [1.807, 2.05) is 0 Å². The van der Waals surface area contributed by atoms with E-state index in [4.69, 9.17) is 22.1 Å². The van der Waals surface area contributed by atoms with Crippen molar-refractivity contribution in [1.29, 1.82) is 0 Å². The van der Waals surface area contributed by atoms with E-state index in [-0.39, 0.29) is 16.5 Å². The lowest BCUT2D eigenvalue weighted by Gasteiger charge is -2.08. The minimum atomic E-state index is -0.126. The molecule has 0 saturated heterocycles. The molecule has 0 amide bonds. The molecule has 1 heterocycles. The highest BCUT2D eigenvalue weighted by atomic mass is 79.9. The molecule has 0 saturated carbocycles. The summed E-state index contributed by atoms with van der Waals surface area (Å²) in [5, 5.41) is 16.2. The summed E-state index contributed by atoms with van der Waals surface area (Å²) in [6.45, 7) is 0. The summed E-state index contributed by atoms with van der Waals surface area (Å²) in [5.74, 6) is 0.570. The first-order valence-corrected chi connectivity index (χ1v) is 7.33. The van der Waals surface area contributed by atoms with Crippen LogP contribution in [0.2, 0.25) is 5.02 Å². The van der Waals surface area contributed by atoms with Crippen LogP contribution in [0, 0.1) is 0 Å². The van der Waals surface area contributed by atoms with E-state index in [1.54, 1.807) is 11.4 Å². The number of phenols is 1. The second kappa shape index (κ2) is 6.29. The van der Waals surface area contributed by atoms with Crippen LogP contribution >= 0.6 is 38.9 Å². The van der Waals surface area contributed by atoms with Crippen LogP contribution in [0.4, 0.5) is 10.9 Å². The van der Waals surface area contributed by atoms with Crippen LogP contribution in [0.3, 0.4) is 0 Å². The van der Waals surface area contributed by atoms with Gasteiger partial charge in [0.25, 0.3) is 0 Å². The first-order valence-electron chi connectivity index (χ1n) is 5.28. The Bertz CT molecular complexity index is 662. The number of phenolic OH excluding ortho intramolecular Hbond substituents is 1. The number of benzene rings is 1. The third-order valence-corrected chi connectivity index (χ3v) is 4.50. The van der Waals surface area contributed by atoms with Gasteiger partial charge in [-0.25, -0.2) is 4.98 Å². The quantitative estimate of drug-likeness (QED) is 0.561. The molecule has 0 spiro atoms. The molecule has 1 aromatic heterocycles. The number of hydrogen-bond acceptors (Lipinski definition) is 7. The normalized spacial score (nSPS) is 10.9. The summed E-state index contributed by atoms with van der Waals surface area (Å²) in [7, 11) is 1.44. The predicted molar refractivity (Wildman–Crippen MR) is 85.1 cm³/mol. The van der Waals surface area contributed by atoms with Gasteiger partial charge in [-0.3, -0.25) is 5.43 Å². The number of thiazole rings is 1. The lowest BCUT2D eigenvalue weighted by Crippen LogP contribution is -1.94. The molecule has 0 fully saturated rings. The van der Waals surface area contributed by atoms with Crippen molar-refractivity contribution < 1.29 is 9.84 Å². The molecule has 2 aromatic rings. The van der Waals surface area contributed by atoms with Gasteiger partial charge >= 0.3 is 0 Å². The predicted octanol–water partition coefficient (Wildman–Crippen LogP) is 3.30. The van der Waals surface area contributed by atoms with Gasteiger partial charge in [-0.15, -0.1) is 11.3 Å². The summed E-state index contributed by atoms with van der Waals surface area (Å²) in [6.07, 6.45) is 1.52. The van der Waals surface area contributed by atoms with Crippen LogP contribution in [0.5, 0.6) is 11.5 Å². The average molecular weight is 378 g/mol. The molecule has 4 N–H and O–H groups in total. The number of ether oxygens (including phenoxy) is 1. The molecular formula is C11H10BrClN4O2S. The highest BCUT2D eigenvalue weighted by Crippen LogP contribution is 2.40. The molecule has 0 aliphatic carbocycles. The van der Waals surface area contributed by atoms with Crippen molar-refractivity contribution in [3.05, 3.63) is 26.5 Å². The number of rotatable bonds is 4. The van der Waals surface area contributed by atoms with Crippen molar-refractivity contribution in [1.82, 2.24) is 4.98 Å². The molecule has 0 radical (unpaired) electrons. The smallest absolute Gasteiger partial charge is 0.205 e. The summed E-state index contributed by atoms with van der Waals surface area (Å²) >= 11 is 10.6. The maximum atomic E-state index is 9.74. The first kappa shape index (κ1) is 14.9. The minimum absolute atomic E-state index is 0.126. The van der Waals surface area contributed by atoms with Gasteiger partial charge in [0.1, 0.15) is 10.8 Å². The number of aromatic nitrogens is 1. The van der Waals surface area contributed by atoms with Crippen LogP contribution in [0.25, 0.3) is 0 Å². The number of aromatic hydroxyl groups is 1. The lowest BCUT2D eigenvalue weighted by molar-refractivity contribution is 0.373. The fourth-order valence-electron chi connectivity index (χ4n) is 1.36. The number of hydrazone groups is 1. The van der Waals surface area contributed by atoms with Gasteiger partial charge in [-0.05, 0) is 22.0 Å². The van der Waals surface area contributed by atoms with Gasteiger partial charge in [-0.2, -0.15) is 5.10 Å². The third-order valence-electron chi connectivity index (χ3n) is 2.28. The Labute approximate surface area is 132 Å². The third kappa shape index (κ3) is 3.14. The van der Waals surface area contributed by atoms with Gasteiger partial charge in [0.05, 0.1) is 13.3 Å². The molecule has 2 rings (SSSR count). The second-order valence-corrected chi connectivity index (χ2v) is 5.62. The Morgan fingerprint density at radius 1 is 1.65 bits per heavy atom.